The molecule has 2 aromatic rings. The number of nitrogens with zero attached hydrogens (tertiary/aromatic N) is 2. The average molecular weight is 316 g/mol. The van der Waals surface area contributed by atoms with Crippen molar-refractivity contribution in [3.8, 4) is 11.5 Å². The highest BCUT2D eigenvalue weighted by Crippen LogP contribution is 2.39. The Bertz CT molecular complexity index is 606. The lowest BCUT2D eigenvalue weighted by Crippen LogP contribution is -2.15. The zero-order valence-electron chi connectivity index (χ0n) is 9.76. The topological polar surface area (TPSA) is 70.3 Å². The summed E-state index contributed by atoms with van der Waals surface area (Å²) < 4.78 is 11.8. The first-order valence-corrected chi connectivity index (χ1v) is 7.70. The summed E-state index contributed by atoms with van der Waals surface area (Å²) in [6.45, 7) is 1.08. The number of aromatic nitrogens is 2. The van der Waals surface area contributed by atoms with Gasteiger partial charge in [0.1, 0.15) is 13.2 Å². The van der Waals surface area contributed by atoms with Crippen LogP contribution < -0.4 is 15.2 Å². The lowest BCUT2D eigenvalue weighted by atomic mass is 10.2. The Morgan fingerprint density at radius 1 is 1.32 bits per heavy atom. The van der Waals surface area contributed by atoms with Crippen LogP contribution in [0.3, 0.4) is 0 Å². The van der Waals surface area contributed by atoms with Gasteiger partial charge in [0.25, 0.3) is 0 Å². The van der Waals surface area contributed by atoms with Crippen molar-refractivity contribution in [2.45, 2.75) is 10.1 Å². The minimum absolute atomic E-state index is 0.475. The number of halogens is 1. The second kappa shape index (κ2) is 5.44. The normalized spacial score (nSPS) is 13.5. The summed E-state index contributed by atoms with van der Waals surface area (Å²) in [6.07, 6.45) is 0. The maximum atomic E-state index is 6.17. The van der Waals surface area contributed by atoms with Crippen LogP contribution in [0.2, 0.25) is 5.02 Å². The molecule has 19 heavy (non-hydrogen) atoms. The number of hydrogen-bond donors (Lipinski definition) is 1. The first-order chi connectivity index (χ1) is 9.22. The van der Waals surface area contributed by atoms with Gasteiger partial charge in [-0.05, 0) is 17.7 Å². The fraction of sp³-hybridized carbons (Fsp3) is 0.273. The predicted molar refractivity (Wildman–Crippen MR) is 76.3 cm³/mol. The number of anilines is 1. The molecule has 0 fully saturated rings. The molecule has 0 atom stereocenters. The van der Waals surface area contributed by atoms with Gasteiger partial charge < -0.3 is 15.2 Å². The van der Waals surface area contributed by atoms with Crippen LogP contribution in [0.4, 0.5) is 5.13 Å². The summed E-state index contributed by atoms with van der Waals surface area (Å²) in [7, 11) is 0. The number of benzene rings is 1. The second-order valence-corrected chi connectivity index (χ2v) is 6.44. The SMILES string of the molecule is Nc1nnc(SCc2cc(Cl)c3c(c2)OCCO3)s1. The summed E-state index contributed by atoms with van der Waals surface area (Å²) in [5.41, 5.74) is 6.59. The summed E-state index contributed by atoms with van der Waals surface area (Å²) in [4.78, 5) is 0. The summed E-state index contributed by atoms with van der Waals surface area (Å²) >= 11 is 9.11. The van der Waals surface area contributed by atoms with Crippen LogP contribution in [-0.2, 0) is 5.75 Å². The molecule has 0 amide bonds. The van der Waals surface area contributed by atoms with Gasteiger partial charge in [-0.25, -0.2) is 0 Å². The Balaban J connectivity index is 1.76. The van der Waals surface area contributed by atoms with Crippen molar-refractivity contribution in [3.05, 3.63) is 22.7 Å². The molecule has 0 radical (unpaired) electrons. The molecular weight excluding hydrogens is 306 g/mol. The third-order valence-electron chi connectivity index (χ3n) is 2.44. The number of nitrogen functional groups attached to an aromatic ring is 1. The second-order valence-electron chi connectivity index (χ2n) is 3.80. The van der Waals surface area contributed by atoms with Crippen LogP contribution in [0.1, 0.15) is 5.56 Å². The third kappa shape index (κ3) is 2.88. The van der Waals surface area contributed by atoms with Gasteiger partial charge in [0.05, 0.1) is 5.02 Å². The molecule has 0 spiro atoms. The monoisotopic (exact) mass is 315 g/mol. The molecular formula is C11H10ClN3O2S2. The Labute approximate surface area is 123 Å². The molecule has 0 bridgehead atoms. The number of nitrogens with two attached hydrogens (primary N) is 1. The zero-order valence-corrected chi connectivity index (χ0v) is 12.1. The smallest absolute Gasteiger partial charge is 0.203 e. The number of rotatable bonds is 3. The standard InChI is InChI=1S/C11H10ClN3O2S2/c12-7-3-6(4-8-9(7)17-2-1-16-8)5-18-11-15-14-10(13)19-11/h3-4H,1-2,5H2,(H2,13,14). The third-order valence-corrected chi connectivity index (χ3v) is 4.68. The summed E-state index contributed by atoms with van der Waals surface area (Å²) in [5, 5.41) is 8.78. The first-order valence-electron chi connectivity index (χ1n) is 5.52. The van der Waals surface area contributed by atoms with Gasteiger partial charge in [-0.1, -0.05) is 34.7 Å². The fourth-order valence-electron chi connectivity index (χ4n) is 1.67. The van der Waals surface area contributed by atoms with Crippen molar-refractivity contribution >= 4 is 39.8 Å². The fourth-order valence-corrected chi connectivity index (χ4v) is 3.53. The van der Waals surface area contributed by atoms with Crippen LogP contribution >= 0.6 is 34.7 Å². The maximum Gasteiger partial charge on any atom is 0.203 e. The Morgan fingerprint density at radius 2 is 2.16 bits per heavy atom. The summed E-state index contributed by atoms with van der Waals surface area (Å²) in [5.74, 6) is 2.05. The molecule has 0 unspecified atom stereocenters. The van der Waals surface area contributed by atoms with E-state index in [0.29, 0.717) is 34.9 Å². The van der Waals surface area contributed by atoms with Gasteiger partial charge in [-0.3, -0.25) is 0 Å². The zero-order chi connectivity index (χ0) is 13.2. The highest BCUT2D eigenvalue weighted by molar-refractivity contribution is 8.00. The van der Waals surface area contributed by atoms with Gasteiger partial charge >= 0.3 is 0 Å². The molecule has 0 saturated carbocycles. The quantitative estimate of drug-likeness (QED) is 0.878. The van der Waals surface area contributed by atoms with Crippen LogP contribution in [-0.4, -0.2) is 23.4 Å². The van der Waals surface area contributed by atoms with E-state index in [1.54, 1.807) is 11.8 Å². The number of thioether (sulfide) groups is 1. The van der Waals surface area contributed by atoms with Gasteiger partial charge in [0.2, 0.25) is 5.13 Å². The number of ether oxygens (including phenoxy) is 2. The minimum Gasteiger partial charge on any atom is -0.486 e. The molecule has 5 nitrogen and oxygen atoms in total. The van der Waals surface area contributed by atoms with Crippen molar-refractivity contribution < 1.29 is 9.47 Å². The number of fused-ring (bicyclic) bond motifs is 1. The molecule has 2 heterocycles. The van der Waals surface area contributed by atoms with E-state index in [1.165, 1.54) is 11.3 Å². The highest BCUT2D eigenvalue weighted by atomic mass is 35.5. The molecule has 1 aromatic carbocycles. The van der Waals surface area contributed by atoms with Crippen molar-refractivity contribution in [1.82, 2.24) is 10.2 Å². The summed E-state index contributed by atoms with van der Waals surface area (Å²) in [6, 6.07) is 3.82. The molecule has 3 rings (SSSR count). The average Bonchev–Trinajstić information content (AvgIpc) is 2.82. The predicted octanol–water partition coefficient (Wildman–Crippen LogP) is 2.84. The van der Waals surface area contributed by atoms with Gasteiger partial charge in [0.15, 0.2) is 15.8 Å². The van der Waals surface area contributed by atoms with Crippen LogP contribution in [0.5, 0.6) is 11.5 Å². The first kappa shape index (κ1) is 12.8. The van der Waals surface area contributed by atoms with E-state index in [9.17, 15) is 0 Å². The lowest BCUT2D eigenvalue weighted by Gasteiger charge is -2.20. The van der Waals surface area contributed by atoms with Crippen LogP contribution in [0.25, 0.3) is 0 Å². The van der Waals surface area contributed by atoms with E-state index < -0.39 is 0 Å². The molecule has 1 aliphatic rings. The van der Waals surface area contributed by atoms with E-state index in [-0.39, 0.29) is 0 Å². The molecule has 0 aliphatic carbocycles. The minimum atomic E-state index is 0.475. The Hall–Kier alpha value is -1.18. The molecule has 1 aromatic heterocycles. The van der Waals surface area contributed by atoms with Crippen molar-refractivity contribution in [1.29, 1.82) is 0 Å². The van der Waals surface area contributed by atoms with Crippen molar-refractivity contribution in [3.63, 3.8) is 0 Å². The Morgan fingerprint density at radius 3 is 2.95 bits per heavy atom. The van der Waals surface area contributed by atoms with Gasteiger partial charge in [0, 0.05) is 5.75 Å². The maximum absolute atomic E-state index is 6.17. The van der Waals surface area contributed by atoms with Crippen LogP contribution in [0, 0.1) is 0 Å². The van der Waals surface area contributed by atoms with Crippen molar-refractivity contribution in [2.75, 3.05) is 18.9 Å². The molecule has 0 saturated heterocycles. The van der Waals surface area contributed by atoms with Gasteiger partial charge in [-0.15, -0.1) is 10.2 Å². The van der Waals surface area contributed by atoms with E-state index >= 15 is 0 Å². The van der Waals surface area contributed by atoms with Crippen LogP contribution in [0.15, 0.2) is 16.5 Å². The van der Waals surface area contributed by atoms with Crippen molar-refractivity contribution in [2.24, 2.45) is 0 Å². The highest BCUT2D eigenvalue weighted by Gasteiger charge is 2.16. The number of hydrogen-bond acceptors (Lipinski definition) is 7. The Kier molecular flexibility index (Phi) is 3.67. The molecule has 8 heteroatoms. The molecule has 100 valence electrons. The largest absolute Gasteiger partial charge is 0.486 e. The van der Waals surface area contributed by atoms with Gasteiger partial charge in [-0.2, -0.15) is 0 Å². The lowest BCUT2D eigenvalue weighted by molar-refractivity contribution is 0.171. The van der Waals surface area contributed by atoms with E-state index in [2.05, 4.69) is 10.2 Å². The van der Waals surface area contributed by atoms with E-state index in [0.717, 1.165) is 15.7 Å². The van der Waals surface area contributed by atoms with E-state index in [1.807, 2.05) is 12.1 Å². The molecule has 2 N–H and O–H groups in total. The van der Waals surface area contributed by atoms with E-state index in [4.69, 9.17) is 26.8 Å². The molecule has 1 aliphatic heterocycles.